The Balaban J connectivity index is 2.31. The molecular formula is C10H17N3O4. The second kappa shape index (κ2) is 6.19. The number of carbonyl (C=O) groups excluding carboxylic acids is 2. The van der Waals surface area contributed by atoms with E-state index in [1.165, 1.54) is 0 Å². The summed E-state index contributed by atoms with van der Waals surface area (Å²) in [5.41, 5.74) is 5.06. The van der Waals surface area contributed by atoms with E-state index in [1.807, 2.05) is 0 Å². The summed E-state index contributed by atoms with van der Waals surface area (Å²) in [5.74, 6) is -1.49. The Morgan fingerprint density at radius 1 is 1.29 bits per heavy atom. The Morgan fingerprint density at radius 2 is 1.94 bits per heavy atom. The first-order valence-electron chi connectivity index (χ1n) is 5.51. The van der Waals surface area contributed by atoms with Crippen molar-refractivity contribution in [1.29, 1.82) is 0 Å². The summed E-state index contributed by atoms with van der Waals surface area (Å²) in [4.78, 5) is 32.8. The number of nitrogens with one attached hydrogen (secondary N) is 2. The van der Waals surface area contributed by atoms with Gasteiger partial charge < -0.3 is 21.5 Å². The fourth-order valence-corrected chi connectivity index (χ4v) is 1.53. The van der Waals surface area contributed by atoms with Crippen molar-refractivity contribution in [2.24, 2.45) is 11.7 Å². The molecule has 17 heavy (non-hydrogen) atoms. The van der Waals surface area contributed by atoms with Gasteiger partial charge in [0.15, 0.2) is 0 Å². The SMILES string of the molecule is NCC(=O)NCC(=O)NC(CC(=O)O)C1CC1. The Kier molecular flexibility index (Phi) is 4.89. The van der Waals surface area contributed by atoms with Gasteiger partial charge in [-0.25, -0.2) is 0 Å². The molecule has 96 valence electrons. The molecule has 1 saturated carbocycles. The third-order valence-corrected chi connectivity index (χ3v) is 2.56. The van der Waals surface area contributed by atoms with Crippen LogP contribution < -0.4 is 16.4 Å². The second-order valence-corrected chi connectivity index (χ2v) is 4.09. The van der Waals surface area contributed by atoms with Gasteiger partial charge in [-0.3, -0.25) is 14.4 Å². The molecule has 1 aliphatic carbocycles. The normalized spacial score (nSPS) is 16.1. The summed E-state index contributed by atoms with van der Waals surface area (Å²) in [6, 6.07) is -0.338. The Hall–Kier alpha value is -1.63. The van der Waals surface area contributed by atoms with Crippen molar-refractivity contribution in [2.75, 3.05) is 13.1 Å². The first-order valence-corrected chi connectivity index (χ1v) is 5.51. The van der Waals surface area contributed by atoms with E-state index in [2.05, 4.69) is 10.6 Å². The molecule has 5 N–H and O–H groups in total. The molecule has 0 aromatic rings. The number of carbonyl (C=O) groups is 3. The highest BCUT2D eigenvalue weighted by Crippen LogP contribution is 2.33. The van der Waals surface area contributed by atoms with Crippen LogP contribution in [-0.2, 0) is 14.4 Å². The highest BCUT2D eigenvalue weighted by Gasteiger charge is 2.33. The van der Waals surface area contributed by atoms with Crippen molar-refractivity contribution in [3.05, 3.63) is 0 Å². The zero-order chi connectivity index (χ0) is 12.8. The Labute approximate surface area is 98.7 Å². The van der Waals surface area contributed by atoms with Crippen LogP contribution in [0.2, 0.25) is 0 Å². The zero-order valence-corrected chi connectivity index (χ0v) is 9.44. The van der Waals surface area contributed by atoms with Gasteiger partial charge in [-0.15, -0.1) is 0 Å². The summed E-state index contributed by atoms with van der Waals surface area (Å²) in [7, 11) is 0. The maximum Gasteiger partial charge on any atom is 0.305 e. The smallest absolute Gasteiger partial charge is 0.305 e. The van der Waals surface area contributed by atoms with Crippen molar-refractivity contribution < 1.29 is 19.5 Å². The monoisotopic (exact) mass is 243 g/mol. The summed E-state index contributed by atoms with van der Waals surface area (Å²) in [6.45, 7) is -0.340. The van der Waals surface area contributed by atoms with Gasteiger partial charge in [-0.2, -0.15) is 0 Å². The van der Waals surface area contributed by atoms with Crippen LogP contribution >= 0.6 is 0 Å². The molecule has 0 radical (unpaired) electrons. The molecule has 0 aliphatic heterocycles. The Bertz CT molecular complexity index is 315. The highest BCUT2D eigenvalue weighted by molar-refractivity contribution is 5.85. The van der Waals surface area contributed by atoms with Crippen molar-refractivity contribution in [3.63, 3.8) is 0 Å². The molecule has 0 saturated heterocycles. The predicted octanol–water partition coefficient (Wildman–Crippen LogP) is -1.57. The molecule has 1 aliphatic rings. The molecule has 0 spiro atoms. The highest BCUT2D eigenvalue weighted by atomic mass is 16.4. The van der Waals surface area contributed by atoms with Crippen LogP contribution in [0, 0.1) is 5.92 Å². The average Bonchev–Trinajstić information content (AvgIpc) is 3.08. The van der Waals surface area contributed by atoms with Crippen LogP contribution in [0.4, 0.5) is 0 Å². The van der Waals surface area contributed by atoms with Gasteiger partial charge in [0, 0.05) is 6.04 Å². The standard InChI is InChI=1S/C10H17N3O4/c11-4-8(14)12-5-9(15)13-7(3-10(16)17)6-1-2-6/h6-7H,1-5,11H2,(H,12,14)(H,13,15)(H,16,17). The molecule has 2 amide bonds. The van der Waals surface area contributed by atoms with E-state index in [1.54, 1.807) is 0 Å². The van der Waals surface area contributed by atoms with Crippen LogP contribution in [-0.4, -0.2) is 42.0 Å². The van der Waals surface area contributed by atoms with Crippen LogP contribution in [0.1, 0.15) is 19.3 Å². The van der Waals surface area contributed by atoms with E-state index in [-0.39, 0.29) is 37.4 Å². The molecule has 7 heteroatoms. The van der Waals surface area contributed by atoms with Crippen LogP contribution in [0.15, 0.2) is 0 Å². The molecular weight excluding hydrogens is 226 g/mol. The molecule has 1 atom stereocenters. The number of aliphatic carboxylic acids is 1. The molecule has 7 nitrogen and oxygen atoms in total. The van der Waals surface area contributed by atoms with E-state index >= 15 is 0 Å². The van der Waals surface area contributed by atoms with Gasteiger partial charge in [-0.1, -0.05) is 0 Å². The number of carboxylic acids is 1. The lowest BCUT2D eigenvalue weighted by atomic mass is 10.1. The maximum absolute atomic E-state index is 11.4. The van der Waals surface area contributed by atoms with Gasteiger partial charge in [0.1, 0.15) is 0 Å². The first kappa shape index (κ1) is 13.4. The van der Waals surface area contributed by atoms with Gasteiger partial charge in [-0.05, 0) is 18.8 Å². The minimum Gasteiger partial charge on any atom is -0.481 e. The number of nitrogens with two attached hydrogens (primary N) is 1. The van der Waals surface area contributed by atoms with Crippen molar-refractivity contribution in [2.45, 2.75) is 25.3 Å². The number of hydrogen-bond donors (Lipinski definition) is 4. The van der Waals surface area contributed by atoms with E-state index in [0.717, 1.165) is 12.8 Å². The third kappa shape index (κ3) is 5.30. The summed E-state index contributed by atoms with van der Waals surface area (Å²) in [6.07, 6.45) is 1.79. The van der Waals surface area contributed by atoms with E-state index in [4.69, 9.17) is 10.8 Å². The summed E-state index contributed by atoms with van der Waals surface area (Å²) in [5, 5.41) is 13.6. The van der Waals surface area contributed by atoms with Crippen molar-refractivity contribution >= 4 is 17.8 Å². The summed E-state index contributed by atoms with van der Waals surface area (Å²) >= 11 is 0. The second-order valence-electron chi connectivity index (χ2n) is 4.09. The molecule has 1 rings (SSSR count). The maximum atomic E-state index is 11.4. The number of carboxylic acid groups (broad SMARTS) is 1. The number of rotatable bonds is 7. The molecule has 1 fully saturated rings. The van der Waals surface area contributed by atoms with E-state index < -0.39 is 11.9 Å². The fraction of sp³-hybridized carbons (Fsp3) is 0.700. The average molecular weight is 243 g/mol. The van der Waals surface area contributed by atoms with Gasteiger partial charge in [0.05, 0.1) is 19.5 Å². The number of hydrogen-bond acceptors (Lipinski definition) is 4. The predicted molar refractivity (Wildman–Crippen MR) is 59.0 cm³/mol. The Morgan fingerprint density at radius 3 is 2.41 bits per heavy atom. The summed E-state index contributed by atoms with van der Waals surface area (Å²) < 4.78 is 0. The molecule has 0 aromatic carbocycles. The van der Waals surface area contributed by atoms with Crippen LogP contribution in [0.3, 0.4) is 0 Å². The molecule has 0 bridgehead atoms. The van der Waals surface area contributed by atoms with E-state index in [0.29, 0.717) is 0 Å². The van der Waals surface area contributed by atoms with Crippen molar-refractivity contribution in [1.82, 2.24) is 10.6 Å². The third-order valence-electron chi connectivity index (χ3n) is 2.56. The van der Waals surface area contributed by atoms with E-state index in [9.17, 15) is 14.4 Å². The van der Waals surface area contributed by atoms with Gasteiger partial charge in [0.25, 0.3) is 0 Å². The molecule has 0 heterocycles. The van der Waals surface area contributed by atoms with Crippen LogP contribution in [0.5, 0.6) is 0 Å². The first-order chi connectivity index (χ1) is 8.02. The van der Waals surface area contributed by atoms with Crippen LogP contribution in [0.25, 0.3) is 0 Å². The topological polar surface area (TPSA) is 122 Å². The molecule has 0 aromatic heterocycles. The lowest BCUT2D eigenvalue weighted by molar-refractivity contribution is -0.138. The largest absolute Gasteiger partial charge is 0.481 e. The lowest BCUT2D eigenvalue weighted by Gasteiger charge is -2.16. The fourth-order valence-electron chi connectivity index (χ4n) is 1.53. The minimum atomic E-state index is -0.937. The lowest BCUT2D eigenvalue weighted by Crippen LogP contribution is -2.44. The number of amides is 2. The van der Waals surface area contributed by atoms with Gasteiger partial charge >= 0.3 is 5.97 Å². The molecule has 1 unspecified atom stereocenters. The zero-order valence-electron chi connectivity index (χ0n) is 9.44. The minimum absolute atomic E-state index is 0.0821. The van der Waals surface area contributed by atoms with Crippen molar-refractivity contribution in [3.8, 4) is 0 Å². The quantitative estimate of drug-likeness (QED) is 0.430. The van der Waals surface area contributed by atoms with Gasteiger partial charge in [0.2, 0.25) is 11.8 Å².